The smallest absolute Gasteiger partial charge is 0.410 e. The molecule has 0 bridgehead atoms. The molecule has 2 aromatic rings. The molecule has 0 saturated carbocycles. The molecule has 3 amide bonds. The quantitative estimate of drug-likeness (QED) is 0.109. The van der Waals surface area contributed by atoms with E-state index in [1.807, 2.05) is 6.92 Å². The number of nitrogens with zero attached hydrogens (tertiary/aromatic N) is 3. The van der Waals surface area contributed by atoms with Crippen molar-refractivity contribution in [1.82, 2.24) is 20.2 Å². The lowest BCUT2D eigenvalue weighted by Gasteiger charge is -2.24. The Morgan fingerprint density at radius 3 is 2.67 bits per heavy atom. The minimum atomic E-state index is -0.623. The van der Waals surface area contributed by atoms with Gasteiger partial charge in [-0.05, 0) is 51.8 Å². The van der Waals surface area contributed by atoms with Crippen molar-refractivity contribution in [2.24, 2.45) is 0 Å². The van der Waals surface area contributed by atoms with Gasteiger partial charge in [-0.25, -0.2) is 9.78 Å². The van der Waals surface area contributed by atoms with E-state index >= 15 is 0 Å². The topological polar surface area (TPSA) is 161 Å². The van der Waals surface area contributed by atoms with Crippen LogP contribution in [0.3, 0.4) is 0 Å². The average Bonchev–Trinajstić information content (AvgIpc) is 2.90. The van der Waals surface area contributed by atoms with E-state index in [-0.39, 0.29) is 12.5 Å². The Labute approximate surface area is 235 Å². The lowest BCUT2D eigenvalue weighted by atomic mass is 10.1. The maximum absolute atomic E-state index is 12.1. The Balaban J connectivity index is 1.94. The SMILES string of the molecule is CCCNc1nc(Nc2ccc(NC=O)c(C=N)c2)ncc1C#CCCCNC(=O)CN(C)C(=O)OC(C)(C)C. The number of carbonyl (C=O) groups excluding carboxylic acids is 3. The van der Waals surface area contributed by atoms with E-state index in [0.717, 1.165) is 12.6 Å². The van der Waals surface area contributed by atoms with Gasteiger partial charge in [0.1, 0.15) is 18.0 Å². The summed E-state index contributed by atoms with van der Waals surface area (Å²) in [5, 5.41) is 19.3. The molecule has 0 fully saturated rings. The summed E-state index contributed by atoms with van der Waals surface area (Å²) in [7, 11) is 1.52. The van der Waals surface area contributed by atoms with Gasteiger partial charge in [0, 0.05) is 49.7 Å². The van der Waals surface area contributed by atoms with Gasteiger partial charge in [0.25, 0.3) is 0 Å². The Kier molecular flexibility index (Phi) is 12.4. The van der Waals surface area contributed by atoms with Crippen LogP contribution in [0.25, 0.3) is 0 Å². The van der Waals surface area contributed by atoms with Gasteiger partial charge in [0.2, 0.25) is 18.3 Å². The molecule has 0 saturated heterocycles. The Morgan fingerprint density at radius 1 is 1.23 bits per heavy atom. The fraction of sp³-hybridized carbons (Fsp3) is 0.429. The number of nitrogens with one attached hydrogen (secondary N) is 5. The van der Waals surface area contributed by atoms with Crippen molar-refractivity contribution in [2.45, 2.75) is 52.6 Å². The average molecular weight is 551 g/mol. The third kappa shape index (κ3) is 11.0. The molecule has 0 radical (unpaired) electrons. The molecule has 1 heterocycles. The van der Waals surface area contributed by atoms with E-state index < -0.39 is 11.7 Å². The van der Waals surface area contributed by atoms with Crippen LogP contribution in [-0.4, -0.2) is 71.8 Å². The molecule has 0 spiro atoms. The summed E-state index contributed by atoms with van der Waals surface area (Å²) in [5.41, 5.74) is 1.75. The lowest BCUT2D eigenvalue weighted by molar-refractivity contribution is -0.122. The third-order valence-electron chi connectivity index (χ3n) is 5.12. The number of benzene rings is 1. The monoisotopic (exact) mass is 550 g/mol. The van der Waals surface area contributed by atoms with E-state index in [1.165, 1.54) is 11.9 Å². The zero-order chi connectivity index (χ0) is 29.5. The van der Waals surface area contributed by atoms with Gasteiger partial charge in [0.15, 0.2) is 0 Å². The maximum atomic E-state index is 12.1. The lowest BCUT2D eigenvalue weighted by Crippen LogP contribution is -2.41. The van der Waals surface area contributed by atoms with Crippen LogP contribution in [0.5, 0.6) is 0 Å². The largest absolute Gasteiger partial charge is 0.444 e. The summed E-state index contributed by atoms with van der Waals surface area (Å²) in [6.45, 7) is 8.40. The number of unbranched alkanes of at least 4 members (excludes halogenated alkanes) is 1. The van der Waals surface area contributed by atoms with Crippen molar-refractivity contribution >= 4 is 47.8 Å². The van der Waals surface area contributed by atoms with Crippen LogP contribution >= 0.6 is 0 Å². The second-order valence-corrected chi connectivity index (χ2v) is 9.81. The van der Waals surface area contributed by atoms with Crippen LogP contribution in [0.2, 0.25) is 0 Å². The first-order chi connectivity index (χ1) is 19.1. The van der Waals surface area contributed by atoms with E-state index in [0.29, 0.717) is 66.6 Å². The number of ether oxygens (including phenoxy) is 1. The van der Waals surface area contributed by atoms with Crippen molar-refractivity contribution in [3.63, 3.8) is 0 Å². The highest BCUT2D eigenvalue weighted by Crippen LogP contribution is 2.22. The normalized spacial score (nSPS) is 10.4. The van der Waals surface area contributed by atoms with Crippen LogP contribution in [0.4, 0.5) is 27.9 Å². The van der Waals surface area contributed by atoms with Crippen LogP contribution in [0, 0.1) is 17.3 Å². The molecule has 2 rings (SSSR count). The van der Waals surface area contributed by atoms with Crippen LogP contribution in [0.1, 0.15) is 58.1 Å². The molecule has 1 aromatic heterocycles. The Bertz CT molecular complexity index is 1250. The Morgan fingerprint density at radius 2 is 2.00 bits per heavy atom. The second-order valence-electron chi connectivity index (χ2n) is 9.81. The first kappa shape index (κ1) is 31.6. The standard InChI is InChI=1S/C28H38N8O4/c1-6-13-31-25-20(10-8-7-9-14-30-24(38)18-36(5)27(39)40-28(2,3)4)17-32-26(35-25)34-22-11-12-23(33-19-37)21(15-22)16-29/h11-12,15-17,19,29H,6-7,9,13-14,18H2,1-5H3,(H,30,38)(H,33,37)(H2,31,32,34,35). The minimum Gasteiger partial charge on any atom is -0.444 e. The molecule has 0 unspecified atom stereocenters. The van der Waals surface area contributed by atoms with Crippen molar-refractivity contribution in [2.75, 3.05) is 42.6 Å². The number of likely N-dealkylation sites (N-methyl/N-ethyl adjacent to an activating group) is 1. The van der Waals surface area contributed by atoms with E-state index in [4.69, 9.17) is 10.1 Å². The van der Waals surface area contributed by atoms with Crippen molar-refractivity contribution in [3.05, 3.63) is 35.5 Å². The number of anilines is 4. The highest BCUT2D eigenvalue weighted by atomic mass is 16.6. The number of aromatic nitrogens is 2. The van der Waals surface area contributed by atoms with Crippen molar-refractivity contribution < 1.29 is 19.1 Å². The fourth-order valence-electron chi connectivity index (χ4n) is 3.23. The summed E-state index contributed by atoms with van der Waals surface area (Å²) in [4.78, 5) is 45.0. The van der Waals surface area contributed by atoms with Crippen LogP contribution < -0.4 is 21.3 Å². The van der Waals surface area contributed by atoms with Gasteiger partial charge in [0.05, 0.1) is 11.8 Å². The number of rotatable bonds is 13. The summed E-state index contributed by atoms with van der Waals surface area (Å²) >= 11 is 0. The first-order valence-corrected chi connectivity index (χ1v) is 13.0. The number of amides is 3. The molecule has 1 aromatic carbocycles. The summed E-state index contributed by atoms with van der Waals surface area (Å²) in [6, 6.07) is 5.15. The van der Waals surface area contributed by atoms with E-state index in [2.05, 4.69) is 43.1 Å². The maximum Gasteiger partial charge on any atom is 0.410 e. The predicted molar refractivity (Wildman–Crippen MR) is 156 cm³/mol. The molecular weight excluding hydrogens is 512 g/mol. The number of hydrogen-bond donors (Lipinski definition) is 5. The van der Waals surface area contributed by atoms with Gasteiger partial charge >= 0.3 is 6.09 Å². The molecular formula is C28H38N8O4. The third-order valence-corrected chi connectivity index (χ3v) is 5.12. The van der Waals surface area contributed by atoms with Gasteiger partial charge in [-0.2, -0.15) is 4.98 Å². The van der Waals surface area contributed by atoms with Gasteiger partial charge < -0.3 is 36.3 Å². The van der Waals surface area contributed by atoms with Crippen molar-refractivity contribution in [3.8, 4) is 11.8 Å². The molecule has 214 valence electrons. The molecule has 0 atom stereocenters. The van der Waals surface area contributed by atoms with Crippen LogP contribution in [0.15, 0.2) is 24.4 Å². The van der Waals surface area contributed by atoms with Gasteiger partial charge in [-0.15, -0.1) is 0 Å². The molecule has 40 heavy (non-hydrogen) atoms. The first-order valence-electron chi connectivity index (χ1n) is 13.0. The molecule has 0 aliphatic carbocycles. The van der Waals surface area contributed by atoms with E-state index in [1.54, 1.807) is 45.2 Å². The molecule has 5 N–H and O–H groups in total. The van der Waals surface area contributed by atoms with Crippen molar-refractivity contribution in [1.29, 1.82) is 5.41 Å². The molecule has 0 aliphatic heterocycles. The number of hydrogen-bond acceptors (Lipinski definition) is 9. The van der Waals surface area contributed by atoms with E-state index in [9.17, 15) is 14.4 Å². The zero-order valence-corrected chi connectivity index (χ0v) is 23.7. The van der Waals surface area contributed by atoms with Gasteiger partial charge in [-0.3, -0.25) is 9.59 Å². The van der Waals surface area contributed by atoms with Gasteiger partial charge in [-0.1, -0.05) is 18.8 Å². The van der Waals surface area contributed by atoms with Crippen LogP contribution in [-0.2, 0) is 14.3 Å². The number of carbonyl (C=O) groups is 3. The zero-order valence-electron chi connectivity index (χ0n) is 23.7. The molecule has 12 nitrogen and oxygen atoms in total. The summed E-state index contributed by atoms with van der Waals surface area (Å²) in [5.74, 6) is 6.86. The molecule has 12 heteroatoms. The molecule has 0 aliphatic rings. The fourth-order valence-corrected chi connectivity index (χ4v) is 3.23. The summed E-state index contributed by atoms with van der Waals surface area (Å²) in [6.07, 6.45) is 4.88. The minimum absolute atomic E-state index is 0.0901. The Hall–Kier alpha value is -4.66. The summed E-state index contributed by atoms with van der Waals surface area (Å²) < 4.78 is 5.24. The highest BCUT2D eigenvalue weighted by Gasteiger charge is 2.20. The second kappa shape index (κ2) is 15.7. The predicted octanol–water partition coefficient (Wildman–Crippen LogP) is 3.72. The highest BCUT2D eigenvalue weighted by molar-refractivity contribution is 5.91.